The predicted octanol–water partition coefficient (Wildman–Crippen LogP) is 3.11. The quantitative estimate of drug-likeness (QED) is 0.870. The van der Waals surface area contributed by atoms with Crippen LogP contribution in [0.15, 0.2) is 18.2 Å². The molecule has 1 saturated carbocycles. The van der Waals surface area contributed by atoms with Gasteiger partial charge in [0.1, 0.15) is 0 Å². The lowest BCUT2D eigenvalue weighted by atomic mass is 9.99. The lowest BCUT2D eigenvalue weighted by Gasteiger charge is -2.29. The monoisotopic (exact) mass is 288 g/mol. The highest BCUT2D eigenvalue weighted by molar-refractivity contribution is 5.54. The number of hydrogen-bond donors (Lipinski definition) is 1. The summed E-state index contributed by atoms with van der Waals surface area (Å²) in [5, 5.41) is 3.59. The van der Waals surface area contributed by atoms with Crippen molar-refractivity contribution in [3.8, 4) is 0 Å². The summed E-state index contributed by atoms with van der Waals surface area (Å²) < 4.78 is 5.45. The Labute approximate surface area is 128 Å². The van der Waals surface area contributed by atoms with E-state index >= 15 is 0 Å². The van der Waals surface area contributed by atoms with Crippen molar-refractivity contribution in [3.63, 3.8) is 0 Å². The van der Waals surface area contributed by atoms with Crippen LogP contribution in [0.3, 0.4) is 0 Å². The summed E-state index contributed by atoms with van der Waals surface area (Å²) in [6.07, 6.45) is 5.11. The van der Waals surface area contributed by atoms with Crippen LogP contribution in [-0.4, -0.2) is 32.8 Å². The third kappa shape index (κ3) is 4.21. The van der Waals surface area contributed by atoms with E-state index in [1.165, 1.54) is 42.5 Å². The van der Waals surface area contributed by atoms with E-state index in [0.717, 1.165) is 38.3 Å². The second-order valence-corrected chi connectivity index (χ2v) is 6.71. The van der Waals surface area contributed by atoms with Crippen molar-refractivity contribution in [2.45, 2.75) is 45.2 Å². The number of rotatable bonds is 6. The van der Waals surface area contributed by atoms with Crippen LogP contribution in [0.4, 0.5) is 5.69 Å². The average molecular weight is 288 g/mol. The maximum atomic E-state index is 5.45. The van der Waals surface area contributed by atoms with Crippen molar-refractivity contribution in [2.24, 2.45) is 5.92 Å². The molecule has 1 aliphatic carbocycles. The number of anilines is 1. The zero-order chi connectivity index (χ0) is 14.7. The first-order chi connectivity index (χ1) is 10.2. The average Bonchev–Trinajstić information content (AvgIpc) is 3.30. The first-order valence-electron chi connectivity index (χ1n) is 8.34. The van der Waals surface area contributed by atoms with Gasteiger partial charge in [-0.05, 0) is 55.7 Å². The molecule has 3 nitrogen and oxygen atoms in total. The maximum Gasteiger partial charge on any atom is 0.0469 e. The lowest BCUT2D eigenvalue weighted by Crippen LogP contribution is -2.30. The van der Waals surface area contributed by atoms with E-state index in [2.05, 4.69) is 42.4 Å². The van der Waals surface area contributed by atoms with Gasteiger partial charge in [-0.15, -0.1) is 0 Å². The maximum absolute atomic E-state index is 5.45. The SMILES string of the molecule is Cc1cc(CNC2CC2)ccc1N(C)CC1CCOCC1. The first-order valence-corrected chi connectivity index (χ1v) is 8.34. The summed E-state index contributed by atoms with van der Waals surface area (Å²) in [5.74, 6) is 0.777. The molecule has 1 aromatic rings. The standard InChI is InChI=1S/C18H28N2O/c1-14-11-16(12-19-17-4-5-17)3-6-18(14)20(2)13-15-7-9-21-10-8-15/h3,6,11,15,17,19H,4-5,7-10,12-13H2,1-2H3. The highest BCUT2D eigenvalue weighted by Gasteiger charge is 2.20. The Morgan fingerprint density at radius 3 is 2.62 bits per heavy atom. The number of hydrogen-bond acceptors (Lipinski definition) is 3. The molecule has 1 heterocycles. The van der Waals surface area contributed by atoms with Gasteiger partial charge in [0, 0.05) is 45.1 Å². The molecule has 0 amide bonds. The summed E-state index contributed by atoms with van der Waals surface area (Å²) in [6.45, 7) is 6.25. The van der Waals surface area contributed by atoms with Gasteiger partial charge in [0.05, 0.1) is 0 Å². The molecule has 21 heavy (non-hydrogen) atoms. The molecule has 0 atom stereocenters. The van der Waals surface area contributed by atoms with Crippen molar-refractivity contribution in [1.82, 2.24) is 5.32 Å². The van der Waals surface area contributed by atoms with Crippen molar-refractivity contribution < 1.29 is 4.74 Å². The van der Waals surface area contributed by atoms with Crippen LogP contribution in [0.1, 0.15) is 36.8 Å². The Hall–Kier alpha value is -1.06. The van der Waals surface area contributed by atoms with Gasteiger partial charge in [-0.3, -0.25) is 0 Å². The van der Waals surface area contributed by atoms with Crippen LogP contribution in [0, 0.1) is 12.8 Å². The molecule has 3 heteroatoms. The molecule has 0 spiro atoms. The Morgan fingerprint density at radius 1 is 1.19 bits per heavy atom. The summed E-state index contributed by atoms with van der Waals surface area (Å²) in [5.41, 5.74) is 4.17. The Kier molecular flexibility index (Phi) is 4.81. The molecule has 116 valence electrons. The molecule has 0 aromatic heterocycles. The van der Waals surface area contributed by atoms with Crippen LogP contribution in [0.2, 0.25) is 0 Å². The van der Waals surface area contributed by atoms with Crippen LogP contribution in [0.5, 0.6) is 0 Å². The van der Waals surface area contributed by atoms with Crippen LogP contribution >= 0.6 is 0 Å². The minimum atomic E-state index is 0.777. The van der Waals surface area contributed by atoms with Crippen LogP contribution in [-0.2, 0) is 11.3 Å². The molecule has 0 bridgehead atoms. The van der Waals surface area contributed by atoms with Crippen molar-refractivity contribution in [3.05, 3.63) is 29.3 Å². The second kappa shape index (κ2) is 6.80. The van der Waals surface area contributed by atoms with Gasteiger partial charge >= 0.3 is 0 Å². The topological polar surface area (TPSA) is 24.5 Å². The highest BCUT2D eigenvalue weighted by Crippen LogP contribution is 2.24. The summed E-state index contributed by atoms with van der Waals surface area (Å²) >= 11 is 0. The van der Waals surface area contributed by atoms with Gasteiger partial charge in [-0.25, -0.2) is 0 Å². The van der Waals surface area contributed by atoms with Crippen molar-refractivity contribution >= 4 is 5.69 Å². The second-order valence-electron chi connectivity index (χ2n) is 6.71. The number of aryl methyl sites for hydroxylation is 1. The van der Waals surface area contributed by atoms with E-state index in [1.807, 2.05) is 0 Å². The van der Waals surface area contributed by atoms with Gasteiger partial charge in [-0.2, -0.15) is 0 Å². The number of benzene rings is 1. The molecule has 2 fully saturated rings. The number of nitrogens with zero attached hydrogens (tertiary/aromatic N) is 1. The van der Waals surface area contributed by atoms with Crippen molar-refractivity contribution in [1.29, 1.82) is 0 Å². The molecule has 0 unspecified atom stereocenters. The van der Waals surface area contributed by atoms with Gasteiger partial charge in [-0.1, -0.05) is 12.1 Å². The Bertz CT molecular complexity index is 464. The van der Waals surface area contributed by atoms with E-state index in [0.29, 0.717) is 0 Å². The van der Waals surface area contributed by atoms with E-state index in [1.54, 1.807) is 0 Å². The number of ether oxygens (including phenoxy) is 1. The predicted molar refractivity (Wildman–Crippen MR) is 87.9 cm³/mol. The minimum Gasteiger partial charge on any atom is -0.381 e. The van der Waals surface area contributed by atoms with Gasteiger partial charge < -0.3 is 15.0 Å². The summed E-state index contributed by atoms with van der Waals surface area (Å²) in [6, 6.07) is 7.68. The largest absolute Gasteiger partial charge is 0.381 e. The highest BCUT2D eigenvalue weighted by atomic mass is 16.5. The molecule has 1 N–H and O–H groups in total. The first kappa shape index (κ1) is 14.9. The van der Waals surface area contributed by atoms with Gasteiger partial charge in [0.25, 0.3) is 0 Å². The normalized spacial score (nSPS) is 19.7. The number of nitrogens with one attached hydrogen (secondary N) is 1. The Balaban J connectivity index is 1.57. The van der Waals surface area contributed by atoms with Crippen LogP contribution < -0.4 is 10.2 Å². The third-order valence-corrected chi connectivity index (χ3v) is 4.72. The lowest BCUT2D eigenvalue weighted by molar-refractivity contribution is 0.0685. The van der Waals surface area contributed by atoms with Crippen molar-refractivity contribution in [2.75, 3.05) is 31.7 Å². The fourth-order valence-corrected chi connectivity index (χ4v) is 3.22. The third-order valence-electron chi connectivity index (χ3n) is 4.72. The molecular formula is C18H28N2O. The zero-order valence-electron chi connectivity index (χ0n) is 13.4. The molecule has 0 radical (unpaired) electrons. The smallest absolute Gasteiger partial charge is 0.0469 e. The fourth-order valence-electron chi connectivity index (χ4n) is 3.22. The minimum absolute atomic E-state index is 0.777. The van der Waals surface area contributed by atoms with Gasteiger partial charge in [0.15, 0.2) is 0 Å². The molecule has 3 rings (SSSR count). The van der Waals surface area contributed by atoms with E-state index in [4.69, 9.17) is 4.74 Å². The van der Waals surface area contributed by atoms with E-state index in [-0.39, 0.29) is 0 Å². The molecule has 1 aromatic carbocycles. The molecule has 1 aliphatic heterocycles. The summed E-state index contributed by atoms with van der Waals surface area (Å²) in [4.78, 5) is 2.42. The summed E-state index contributed by atoms with van der Waals surface area (Å²) in [7, 11) is 2.22. The fraction of sp³-hybridized carbons (Fsp3) is 0.667. The van der Waals surface area contributed by atoms with Gasteiger partial charge in [0.2, 0.25) is 0 Å². The molecule has 1 saturated heterocycles. The zero-order valence-corrected chi connectivity index (χ0v) is 13.4. The van der Waals surface area contributed by atoms with E-state index in [9.17, 15) is 0 Å². The molecule has 2 aliphatic rings. The van der Waals surface area contributed by atoms with Crippen LogP contribution in [0.25, 0.3) is 0 Å². The van der Waals surface area contributed by atoms with E-state index < -0.39 is 0 Å². The molecular weight excluding hydrogens is 260 g/mol. The Morgan fingerprint density at radius 2 is 1.95 bits per heavy atom.